The van der Waals surface area contributed by atoms with Crippen molar-refractivity contribution in [1.82, 2.24) is 15.3 Å². The van der Waals surface area contributed by atoms with E-state index in [1.54, 1.807) is 0 Å². The summed E-state index contributed by atoms with van der Waals surface area (Å²) in [6.45, 7) is 3.96. The molecule has 0 radical (unpaired) electrons. The molecular formula is C14H22N4. The molecule has 1 N–H and O–H groups in total. The van der Waals surface area contributed by atoms with E-state index in [-0.39, 0.29) is 0 Å². The zero-order chi connectivity index (χ0) is 12.5. The van der Waals surface area contributed by atoms with Crippen molar-refractivity contribution in [2.45, 2.75) is 51.6 Å². The molecule has 0 atom stereocenters. The predicted octanol–water partition coefficient (Wildman–Crippen LogP) is 1.81. The van der Waals surface area contributed by atoms with Gasteiger partial charge in [0.1, 0.15) is 11.6 Å². The fourth-order valence-electron chi connectivity index (χ4n) is 3.20. The molecule has 0 unspecified atom stereocenters. The van der Waals surface area contributed by atoms with E-state index in [2.05, 4.69) is 22.2 Å². The zero-order valence-electron chi connectivity index (χ0n) is 11.4. The molecule has 0 amide bonds. The number of anilines is 1. The first kappa shape index (κ1) is 11.9. The van der Waals surface area contributed by atoms with E-state index >= 15 is 0 Å². The van der Waals surface area contributed by atoms with E-state index < -0.39 is 0 Å². The second-order valence-electron chi connectivity index (χ2n) is 5.50. The molecule has 18 heavy (non-hydrogen) atoms. The summed E-state index contributed by atoms with van der Waals surface area (Å²) in [7, 11) is 2.20. The molecule has 2 aliphatic rings. The number of rotatable bonds is 2. The first-order valence-electron chi connectivity index (χ1n) is 7.05. The van der Waals surface area contributed by atoms with Crippen LogP contribution in [0.5, 0.6) is 0 Å². The normalized spacial score (nSPS) is 19.9. The van der Waals surface area contributed by atoms with Gasteiger partial charge in [-0.15, -0.1) is 0 Å². The van der Waals surface area contributed by atoms with Gasteiger partial charge in [0.05, 0.1) is 5.69 Å². The molecule has 1 aliphatic carbocycles. The first-order valence-corrected chi connectivity index (χ1v) is 7.05. The Hall–Kier alpha value is -1.16. The molecule has 0 aromatic carbocycles. The van der Waals surface area contributed by atoms with E-state index in [1.807, 2.05) is 6.92 Å². The monoisotopic (exact) mass is 246 g/mol. The minimum atomic E-state index is 0.672. The van der Waals surface area contributed by atoms with Gasteiger partial charge in [0.2, 0.25) is 0 Å². The molecule has 1 aromatic rings. The average Bonchev–Trinajstić information content (AvgIpc) is 2.90. The third kappa shape index (κ3) is 2.09. The quantitative estimate of drug-likeness (QED) is 0.864. The van der Waals surface area contributed by atoms with Gasteiger partial charge in [-0.25, -0.2) is 9.97 Å². The predicted molar refractivity (Wildman–Crippen MR) is 72.8 cm³/mol. The van der Waals surface area contributed by atoms with Crippen molar-refractivity contribution in [2.75, 3.05) is 18.5 Å². The van der Waals surface area contributed by atoms with Crippen LogP contribution in [0, 0.1) is 6.92 Å². The molecule has 0 bridgehead atoms. The summed E-state index contributed by atoms with van der Waals surface area (Å²) in [6, 6.07) is 0.672. The summed E-state index contributed by atoms with van der Waals surface area (Å²) in [5.41, 5.74) is 2.57. The third-order valence-electron chi connectivity index (χ3n) is 4.23. The third-order valence-corrected chi connectivity index (χ3v) is 4.23. The lowest BCUT2D eigenvalue weighted by molar-refractivity contribution is 0.600. The molecule has 4 nitrogen and oxygen atoms in total. The lowest BCUT2D eigenvalue weighted by Crippen LogP contribution is -2.34. The molecule has 3 rings (SSSR count). The lowest BCUT2D eigenvalue weighted by atomic mass is 10.1. The molecule has 4 heteroatoms. The molecule has 98 valence electrons. The molecule has 0 saturated heterocycles. The summed E-state index contributed by atoms with van der Waals surface area (Å²) in [6.07, 6.45) is 6.37. The van der Waals surface area contributed by atoms with Gasteiger partial charge in [0.15, 0.2) is 0 Å². The van der Waals surface area contributed by atoms with Crippen molar-refractivity contribution < 1.29 is 0 Å². The summed E-state index contributed by atoms with van der Waals surface area (Å²) in [5.74, 6) is 2.08. The van der Waals surface area contributed by atoms with Crippen LogP contribution in [0.4, 0.5) is 5.82 Å². The molecule has 1 saturated carbocycles. The molecule has 1 aliphatic heterocycles. The van der Waals surface area contributed by atoms with Crippen LogP contribution >= 0.6 is 0 Å². The molecule has 1 aromatic heterocycles. The van der Waals surface area contributed by atoms with E-state index in [1.165, 1.54) is 36.9 Å². The van der Waals surface area contributed by atoms with Crippen LogP contribution in [0.1, 0.15) is 42.8 Å². The number of aryl methyl sites for hydroxylation is 1. The molecular weight excluding hydrogens is 224 g/mol. The van der Waals surface area contributed by atoms with E-state index in [0.717, 1.165) is 31.2 Å². The first-order chi connectivity index (χ1) is 8.75. The van der Waals surface area contributed by atoms with Crippen LogP contribution in [0.3, 0.4) is 0 Å². The largest absolute Gasteiger partial charge is 0.356 e. The highest BCUT2D eigenvalue weighted by molar-refractivity contribution is 5.50. The van der Waals surface area contributed by atoms with Crippen molar-refractivity contribution in [3.63, 3.8) is 0 Å². The number of nitrogens with one attached hydrogen (secondary N) is 1. The van der Waals surface area contributed by atoms with Crippen molar-refractivity contribution in [3.8, 4) is 0 Å². The fourth-order valence-corrected chi connectivity index (χ4v) is 3.20. The Morgan fingerprint density at radius 3 is 2.78 bits per heavy atom. The summed E-state index contributed by atoms with van der Waals surface area (Å²) < 4.78 is 0. The van der Waals surface area contributed by atoms with Gasteiger partial charge in [-0.1, -0.05) is 12.8 Å². The number of aromatic nitrogens is 2. The smallest absolute Gasteiger partial charge is 0.137 e. The maximum absolute atomic E-state index is 4.71. The van der Waals surface area contributed by atoms with Gasteiger partial charge in [0.25, 0.3) is 0 Å². The van der Waals surface area contributed by atoms with Gasteiger partial charge in [0, 0.05) is 38.2 Å². The Bertz CT molecular complexity index is 438. The highest BCUT2D eigenvalue weighted by Gasteiger charge is 2.25. The van der Waals surface area contributed by atoms with Crippen molar-refractivity contribution >= 4 is 5.82 Å². The second kappa shape index (κ2) is 4.84. The maximum atomic E-state index is 4.71. The number of nitrogens with zero attached hydrogens (tertiary/aromatic N) is 3. The van der Waals surface area contributed by atoms with Gasteiger partial charge >= 0.3 is 0 Å². The summed E-state index contributed by atoms with van der Waals surface area (Å²) in [4.78, 5) is 11.7. The minimum Gasteiger partial charge on any atom is -0.356 e. The van der Waals surface area contributed by atoms with Crippen molar-refractivity contribution in [2.24, 2.45) is 0 Å². The molecule has 0 spiro atoms. The summed E-state index contributed by atoms with van der Waals surface area (Å²) >= 11 is 0. The lowest BCUT2D eigenvalue weighted by Gasteiger charge is -2.30. The van der Waals surface area contributed by atoms with Crippen LogP contribution < -0.4 is 10.2 Å². The minimum absolute atomic E-state index is 0.672. The van der Waals surface area contributed by atoms with Gasteiger partial charge in [-0.2, -0.15) is 0 Å². The highest BCUT2D eigenvalue weighted by Crippen LogP contribution is 2.29. The van der Waals surface area contributed by atoms with Crippen LogP contribution in [0.15, 0.2) is 0 Å². The van der Waals surface area contributed by atoms with Crippen LogP contribution in [0.2, 0.25) is 0 Å². The number of hydrogen-bond donors (Lipinski definition) is 1. The van der Waals surface area contributed by atoms with Crippen molar-refractivity contribution in [1.29, 1.82) is 0 Å². The Balaban J connectivity index is 1.96. The number of hydrogen-bond acceptors (Lipinski definition) is 4. The second-order valence-corrected chi connectivity index (χ2v) is 5.50. The number of fused-ring (bicyclic) bond motifs is 1. The topological polar surface area (TPSA) is 41.1 Å². The van der Waals surface area contributed by atoms with Gasteiger partial charge in [-0.05, 0) is 19.8 Å². The van der Waals surface area contributed by atoms with Crippen LogP contribution in [-0.4, -0.2) is 29.6 Å². The van der Waals surface area contributed by atoms with Crippen molar-refractivity contribution in [3.05, 3.63) is 17.1 Å². The van der Waals surface area contributed by atoms with Crippen LogP contribution in [-0.2, 0) is 13.0 Å². The van der Waals surface area contributed by atoms with E-state index in [4.69, 9.17) is 4.98 Å². The Kier molecular flexibility index (Phi) is 3.20. The van der Waals surface area contributed by atoms with Gasteiger partial charge in [-0.3, -0.25) is 0 Å². The standard InChI is InChI=1S/C14H22N4/c1-10-16-13-7-8-15-9-12(13)14(17-10)18(2)11-5-3-4-6-11/h11,15H,3-9H2,1-2H3. The zero-order valence-corrected chi connectivity index (χ0v) is 11.4. The Morgan fingerprint density at radius 1 is 1.22 bits per heavy atom. The Labute approximate surface area is 109 Å². The average molecular weight is 246 g/mol. The van der Waals surface area contributed by atoms with E-state index in [0.29, 0.717) is 6.04 Å². The SMILES string of the molecule is Cc1nc2c(c(N(C)C3CCCC3)n1)CNCC2. The maximum Gasteiger partial charge on any atom is 0.137 e. The van der Waals surface area contributed by atoms with E-state index in [9.17, 15) is 0 Å². The summed E-state index contributed by atoms with van der Waals surface area (Å²) in [5, 5.41) is 3.44. The Morgan fingerprint density at radius 2 is 2.00 bits per heavy atom. The molecule has 2 heterocycles. The van der Waals surface area contributed by atoms with Crippen LogP contribution in [0.25, 0.3) is 0 Å². The molecule has 1 fully saturated rings. The van der Waals surface area contributed by atoms with Gasteiger partial charge < -0.3 is 10.2 Å². The highest BCUT2D eigenvalue weighted by atomic mass is 15.2. The fraction of sp³-hybridized carbons (Fsp3) is 0.714.